The van der Waals surface area contributed by atoms with Crippen LogP contribution in [0.2, 0.25) is 0 Å². The van der Waals surface area contributed by atoms with E-state index in [4.69, 9.17) is 9.57 Å². The highest BCUT2D eigenvalue weighted by atomic mass is 19.3. The van der Waals surface area contributed by atoms with Gasteiger partial charge in [-0.3, -0.25) is 9.59 Å². The molecule has 2 aliphatic heterocycles. The quantitative estimate of drug-likeness (QED) is 0.806. The van der Waals surface area contributed by atoms with E-state index in [2.05, 4.69) is 10.5 Å². The van der Waals surface area contributed by atoms with Crippen LogP contribution in [-0.4, -0.2) is 66.3 Å². The largest absolute Gasteiger partial charge is 0.379 e. The smallest absolute Gasteiger partial charge is 0.267 e. The van der Waals surface area contributed by atoms with E-state index in [0.29, 0.717) is 26.0 Å². The highest BCUT2D eigenvalue weighted by Gasteiger charge is 2.50. The second-order valence-corrected chi connectivity index (χ2v) is 7.63. The van der Waals surface area contributed by atoms with E-state index >= 15 is 0 Å². The highest BCUT2D eigenvalue weighted by Crippen LogP contribution is 2.43. The summed E-state index contributed by atoms with van der Waals surface area (Å²) < 4.78 is 31.8. The second kappa shape index (κ2) is 7.09. The van der Waals surface area contributed by atoms with E-state index in [0.717, 1.165) is 5.71 Å². The predicted molar refractivity (Wildman–Crippen MR) is 88.8 cm³/mol. The maximum atomic E-state index is 13.0. The van der Waals surface area contributed by atoms with Crippen molar-refractivity contribution in [1.29, 1.82) is 0 Å². The Morgan fingerprint density at radius 3 is 2.73 bits per heavy atom. The molecule has 2 heterocycles. The maximum absolute atomic E-state index is 13.0. The molecule has 2 atom stereocenters. The number of nitrogens with one attached hydrogen (secondary N) is 1. The van der Waals surface area contributed by atoms with Crippen LogP contribution in [0, 0.1) is 5.92 Å². The molecule has 1 aliphatic carbocycles. The summed E-state index contributed by atoms with van der Waals surface area (Å²) in [6, 6.07) is 0. The molecule has 1 saturated heterocycles. The maximum Gasteiger partial charge on any atom is 0.267 e. The molecule has 0 aromatic rings. The number of hydrogen-bond donors (Lipinski definition) is 1. The van der Waals surface area contributed by atoms with Gasteiger partial charge in [-0.2, -0.15) is 0 Å². The Morgan fingerprint density at radius 2 is 2.12 bits per heavy atom. The Hall–Kier alpha value is -1.77. The molecular weight excluding hydrogens is 348 g/mol. The van der Waals surface area contributed by atoms with E-state index < -0.39 is 17.4 Å². The number of amides is 2. The molecule has 1 saturated carbocycles. The number of hydrogen-bond acceptors (Lipinski definition) is 5. The van der Waals surface area contributed by atoms with Gasteiger partial charge in [-0.15, -0.1) is 0 Å². The van der Waals surface area contributed by atoms with E-state index in [9.17, 15) is 18.4 Å². The van der Waals surface area contributed by atoms with E-state index in [-0.39, 0.29) is 43.8 Å². The standard InChI is InChI=1S/C17H25F2N3O4/c1-11-6-16(2,26-21-11)15(24)20-9-13-10-22(4-3-5-25-13)14(23)12-7-17(18,19)8-12/h12-13H,3-10H2,1-2H3,(H,20,24). The van der Waals surface area contributed by atoms with Crippen molar-refractivity contribution < 1.29 is 27.9 Å². The Labute approximate surface area is 151 Å². The molecule has 2 unspecified atom stereocenters. The molecule has 0 radical (unpaired) electrons. The molecule has 9 heteroatoms. The van der Waals surface area contributed by atoms with Crippen LogP contribution in [0.3, 0.4) is 0 Å². The van der Waals surface area contributed by atoms with Crippen LogP contribution >= 0.6 is 0 Å². The molecule has 0 spiro atoms. The van der Waals surface area contributed by atoms with Crippen molar-refractivity contribution in [2.24, 2.45) is 11.1 Å². The third-order valence-corrected chi connectivity index (χ3v) is 5.07. The first-order valence-corrected chi connectivity index (χ1v) is 8.97. The molecule has 0 aromatic carbocycles. The lowest BCUT2D eigenvalue weighted by molar-refractivity contribution is -0.160. The van der Waals surface area contributed by atoms with Crippen molar-refractivity contribution in [2.75, 3.05) is 26.2 Å². The normalized spacial score (nSPS) is 31.5. The number of nitrogens with zero attached hydrogens (tertiary/aromatic N) is 2. The summed E-state index contributed by atoms with van der Waals surface area (Å²) in [5.41, 5.74) is -0.274. The van der Waals surface area contributed by atoms with Crippen LogP contribution in [0.1, 0.15) is 39.5 Å². The summed E-state index contributed by atoms with van der Waals surface area (Å²) in [6.45, 7) is 4.92. The van der Waals surface area contributed by atoms with Gasteiger partial charge in [0.25, 0.3) is 5.91 Å². The second-order valence-electron chi connectivity index (χ2n) is 7.63. The number of ether oxygens (including phenoxy) is 1. The van der Waals surface area contributed by atoms with Crippen molar-refractivity contribution in [3.05, 3.63) is 0 Å². The van der Waals surface area contributed by atoms with Gasteiger partial charge in [0.2, 0.25) is 17.4 Å². The van der Waals surface area contributed by atoms with Gasteiger partial charge in [0.1, 0.15) is 0 Å². The van der Waals surface area contributed by atoms with E-state index in [1.165, 1.54) is 0 Å². The molecular formula is C17H25F2N3O4. The van der Waals surface area contributed by atoms with Crippen LogP contribution in [0.15, 0.2) is 5.16 Å². The van der Waals surface area contributed by atoms with Crippen LogP contribution in [0.25, 0.3) is 0 Å². The number of carbonyl (C=O) groups is 2. The number of rotatable bonds is 4. The van der Waals surface area contributed by atoms with Crippen molar-refractivity contribution in [3.63, 3.8) is 0 Å². The Kier molecular flexibility index (Phi) is 5.18. The van der Waals surface area contributed by atoms with Gasteiger partial charge in [0, 0.05) is 51.4 Å². The van der Waals surface area contributed by atoms with Gasteiger partial charge < -0.3 is 19.8 Å². The molecule has 3 aliphatic rings. The number of oxime groups is 1. The van der Waals surface area contributed by atoms with E-state index in [1.54, 1.807) is 18.7 Å². The Morgan fingerprint density at radius 1 is 1.38 bits per heavy atom. The molecule has 2 fully saturated rings. The van der Waals surface area contributed by atoms with Crippen LogP contribution < -0.4 is 5.32 Å². The predicted octanol–water partition coefficient (Wildman–Crippen LogP) is 1.32. The first-order valence-electron chi connectivity index (χ1n) is 8.97. The van der Waals surface area contributed by atoms with Crippen molar-refractivity contribution in [3.8, 4) is 0 Å². The lowest BCUT2D eigenvalue weighted by Gasteiger charge is -2.37. The lowest BCUT2D eigenvalue weighted by atomic mass is 9.80. The molecule has 7 nitrogen and oxygen atoms in total. The van der Waals surface area contributed by atoms with Gasteiger partial charge >= 0.3 is 0 Å². The molecule has 1 N–H and O–H groups in total. The zero-order valence-corrected chi connectivity index (χ0v) is 15.1. The fraction of sp³-hybridized carbons (Fsp3) is 0.824. The van der Waals surface area contributed by atoms with Crippen molar-refractivity contribution in [1.82, 2.24) is 10.2 Å². The zero-order valence-electron chi connectivity index (χ0n) is 15.1. The molecule has 0 aromatic heterocycles. The van der Waals surface area contributed by atoms with E-state index in [1.807, 2.05) is 0 Å². The Bertz CT molecular complexity index is 605. The van der Waals surface area contributed by atoms with Gasteiger partial charge in [0.05, 0.1) is 11.8 Å². The third kappa shape index (κ3) is 4.13. The first kappa shape index (κ1) is 19.0. The molecule has 3 rings (SSSR count). The summed E-state index contributed by atoms with van der Waals surface area (Å²) >= 11 is 0. The summed E-state index contributed by atoms with van der Waals surface area (Å²) in [6.07, 6.45) is -0.0601. The van der Waals surface area contributed by atoms with Gasteiger partial charge in [-0.25, -0.2) is 8.78 Å². The fourth-order valence-electron chi connectivity index (χ4n) is 3.56. The van der Waals surface area contributed by atoms with Gasteiger partial charge in [0.15, 0.2) is 0 Å². The lowest BCUT2D eigenvalue weighted by Crippen LogP contribution is -2.51. The third-order valence-electron chi connectivity index (χ3n) is 5.07. The van der Waals surface area contributed by atoms with Crippen LogP contribution in [0.4, 0.5) is 8.78 Å². The fourth-order valence-corrected chi connectivity index (χ4v) is 3.56. The SMILES string of the molecule is CC1=NOC(C)(C(=O)NCC2CN(C(=O)C3CC(F)(F)C3)CCCO2)C1. The van der Waals surface area contributed by atoms with Gasteiger partial charge in [-0.1, -0.05) is 5.16 Å². The summed E-state index contributed by atoms with van der Waals surface area (Å²) in [5.74, 6) is -3.85. The number of alkyl halides is 2. The molecule has 26 heavy (non-hydrogen) atoms. The topological polar surface area (TPSA) is 80.2 Å². The Balaban J connectivity index is 1.50. The first-order chi connectivity index (χ1) is 12.2. The molecule has 2 amide bonds. The average Bonchev–Trinajstić information content (AvgIpc) is 2.78. The monoisotopic (exact) mass is 373 g/mol. The summed E-state index contributed by atoms with van der Waals surface area (Å²) in [5, 5.41) is 6.61. The molecule has 146 valence electrons. The number of carbonyl (C=O) groups excluding carboxylic acids is 2. The van der Waals surface area contributed by atoms with Gasteiger partial charge in [-0.05, 0) is 20.3 Å². The van der Waals surface area contributed by atoms with Crippen molar-refractivity contribution in [2.45, 2.75) is 57.2 Å². The van der Waals surface area contributed by atoms with Crippen molar-refractivity contribution >= 4 is 17.5 Å². The highest BCUT2D eigenvalue weighted by molar-refractivity contribution is 5.94. The van der Waals surface area contributed by atoms with Crippen LogP contribution in [-0.2, 0) is 19.2 Å². The number of halogens is 2. The molecule has 0 bridgehead atoms. The minimum Gasteiger partial charge on any atom is -0.379 e. The minimum absolute atomic E-state index is 0.224. The average molecular weight is 373 g/mol. The zero-order chi connectivity index (χ0) is 18.9. The summed E-state index contributed by atoms with van der Waals surface area (Å²) in [4.78, 5) is 31.6. The van der Waals surface area contributed by atoms with Crippen LogP contribution in [0.5, 0.6) is 0 Å². The minimum atomic E-state index is -2.72. The summed E-state index contributed by atoms with van der Waals surface area (Å²) in [7, 11) is 0.